The Labute approximate surface area is 146 Å². The van der Waals surface area contributed by atoms with Crippen LogP contribution in [0.2, 0.25) is 0 Å². The smallest absolute Gasteiger partial charge is 0.215 e. The first-order valence-corrected chi connectivity index (χ1v) is 9.17. The van der Waals surface area contributed by atoms with Crippen molar-refractivity contribution in [2.75, 3.05) is 19.9 Å². The van der Waals surface area contributed by atoms with Gasteiger partial charge in [-0.2, -0.15) is 4.98 Å². The van der Waals surface area contributed by atoms with Crippen LogP contribution in [-0.4, -0.2) is 34.2 Å². The van der Waals surface area contributed by atoms with E-state index in [-0.39, 0.29) is 0 Å². The zero-order valence-corrected chi connectivity index (χ0v) is 14.6. The third-order valence-electron chi connectivity index (χ3n) is 4.54. The molecule has 0 saturated heterocycles. The summed E-state index contributed by atoms with van der Waals surface area (Å²) in [5.41, 5.74) is 5.98. The second-order valence-corrected chi connectivity index (χ2v) is 6.74. The highest BCUT2D eigenvalue weighted by Gasteiger charge is 2.16. The largest absolute Gasteiger partial charge is 0.481 e. The molecule has 4 nitrogen and oxygen atoms in total. The molecule has 1 aliphatic rings. The van der Waals surface area contributed by atoms with Crippen LogP contribution >= 0.6 is 11.9 Å². The molecule has 3 heterocycles. The Bertz CT molecular complexity index is 897. The molecule has 2 aromatic heterocycles. The second kappa shape index (κ2) is 6.42. The molecule has 0 spiro atoms. The van der Waals surface area contributed by atoms with Crippen LogP contribution in [0.25, 0.3) is 22.2 Å². The number of aromatic nitrogens is 2. The summed E-state index contributed by atoms with van der Waals surface area (Å²) in [6.45, 7) is 2.12. The lowest BCUT2D eigenvalue weighted by Crippen LogP contribution is -2.24. The molecule has 0 N–H and O–H groups in total. The van der Waals surface area contributed by atoms with Gasteiger partial charge in [-0.15, -0.1) is 0 Å². The standard InChI is InChI=1S/C19H19N3OS/c1-23-18-6-5-17-16(7-9-20-19(17)21-18)14-4-3-13-8-10-22(24-2)12-15(13)11-14/h3-7,9,11H,8,10,12H2,1-2H3. The molecule has 0 unspecified atom stereocenters. The van der Waals surface area contributed by atoms with Crippen LogP contribution in [0.1, 0.15) is 11.1 Å². The van der Waals surface area contributed by atoms with Crippen molar-refractivity contribution in [3.8, 4) is 17.0 Å². The van der Waals surface area contributed by atoms with Gasteiger partial charge in [0.2, 0.25) is 5.88 Å². The predicted octanol–water partition coefficient (Wildman–Crippen LogP) is 3.94. The van der Waals surface area contributed by atoms with Crippen LogP contribution in [0.15, 0.2) is 42.6 Å². The predicted molar refractivity (Wildman–Crippen MR) is 99.2 cm³/mol. The molecule has 0 atom stereocenters. The Morgan fingerprint density at radius 1 is 1.12 bits per heavy atom. The lowest BCUT2D eigenvalue weighted by Gasteiger charge is -2.27. The summed E-state index contributed by atoms with van der Waals surface area (Å²) in [6, 6.07) is 12.8. The molecular weight excluding hydrogens is 318 g/mol. The summed E-state index contributed by atoms with van der Waals surface area (Å²) in [6.07, 6.45) is 5.08. The number of pyridine rings is 2. The van der Waals surface area contributed by atoms with Crippen LogP contribution in [-0.2, 0) is 13.0 Å². The van der Waals surface area contributed by atoms with E-state index >= 15 is 0 Å². The molecule has 122 valence electrons. The van der Waals surface area contributed by atoms with E-state index in [4.69, 9.17) is 4.74 Å². The minimum Gasteiger partial charge on any atom is -0.481 e. The van der Waals surface area contributed by atoms with Gasteiger partial charge in [-0.25, -0.2) is 9.29 Å². The zero-order chi connectivity index (χ0) is 16.5. The average Bonchev–Trinajstić information content (AvgIpc) is 2.66. The number of hydrogen-bond acceptors (Lipinski definition) is 5. The molecule has 0 amide bonds. The van der Waals surface area contributed by atoms with E-state index in [1.807, 2.05) is 30.3 Å². The maximum Gasteiger partial charge on any atom is 0.215 e. The third-order valence-corrected chi connectivity index (χ3v) is 5.37. The van der Waals surface area contributed by atoms with E-state index in [1.165, 1.54) is 22.3 Å². The first-order valence-electron chi connectivity index (χ1n) is 7.99. The monoisotopic (exact) mass is 337 g/mol. The van der Waals surface area contributed by atoms with Crippen molar-refractivity contribution in [3.63, 3.8) is 0 Å². The fourth-order valence-corrected chi connectivity index (χ4v) is 3.77. The summed E-state index contributed by atoms with van der Waals surface area (Å²) in [5, 5.41) is 1.05. The van der Waals surface area contributed by atoms with E-state index in [0.29, 0.717) is 5.88 Å². The Kier molecular flexibility index (Phi) is 4.12. The fraction of sp³-hybridized carbons (Fsp3) is 0.263. The second-order valence-electron chi connectivity index (χ2n) is 5.86. The highest BCUT2D eigenvalue weighted by molar-refractivity contribution is 7.96. The number of hydrogen-bond donors (Lipinski definition) is 0. The van der Waals surface area contributed by atoms with Crippen molar-refractivity contribution in [3.05, 3.63) is 53.7 Å². The number of methoxy groups -OCH3 is 1. The summed E-state index contributed by atoms with van der Waals surface area (Å²) in [7, 11) is 1.62. The van der Waals surface area contributed by atoms with E-state index in [9.17, 15) is 0 Å². The topological polar surface area (TPSA) is 38.2 Å². The maximum absolute atomic E-state index is 5.21. The minimum absolute atomic E-state index is 0.591. The van der Waals surface area contributed by atoms with Crippen LogP contribution in [0.4, 0.5) is 0 Å². The Morgan fingerprint density at radius 3 is 2.88 bits per heavy atom. The molecule has 0 radical (unpaired) electrons. The SMILES string of the molecule is COc1ccc2c(-c3ccc4c(c3)CN(SC)CC4)ccnc2n1. The lowest BCUT2D eigenvalue weighted by atomic mass is 9.94. The molecule has 3 aromatic rings. The van der Waals surface area contributed by atoms with E-state index in [0.717, 1.165) is 30.5 Å². The summed E-state index contributed by atoms with van der Waals surface area (Å²) in [5.74, 6) is 0.591. The summed E-state index contributed by atoms with van der Waals surface area (Å²) in [4.78, 5) is 8.83. The van der Waals surface area contributed by atoms with Gasteiger partial charge in [0.05, 0.1) is 7.11 Å². The van der Waals surface area contributed by atoms with E-state index in [1.54, 1.807) is 7.11 Å². The minimum atomic E-state index is 0.591. The third kappa shape index (κ3) is 2.74. The van der Waals surface area contributed by atoms with E-state index in [2.05, 4.69) is 44.8 Å². The van der Waals surface area contributed by atoms with Crippen LogP contribution in [0, 0.1) is 0 Å². The Balaban J connectivity index is 1.80. The van der Waals surface area contributed by atoms with Crippen LogP contribution in [0.5, 0.6) is 5.88 Å². The fourth-order valence-electron chi connectivity index (χ4n) is 3.23. The lowest BCUT2D eigenvalue weighted by molar-refractivity contribution is 0.399. The van der Waals surface area contributed by atoms with Gasteiger partial charge in [0.15, 0.2) is 5.65 Å². The molecule has 0 bridgehead atoms. The molecule has 1 aromatic carbocycles. The number of nitrogens with zero attached hydrogens (tertiary/aromatic N) is 3. The highest BCUT2D eigenvalue weighted by atomic mass is 32.2. The van der Waals surface area contributed by atoms with Gasteiger partial charge in [-0.1, -0.05) is 24.1 Å². The van der Waals surface area contributed by atoms with Crippen LogP contribution in [0.3, 0.4) is 0 Å². The summed E-state index contributed by atoms with van der Waals surface area (Å²) < 4.78 is 7.61. The van der Waals surface area contributed by atoms with Crippen molar-refractivity contribution < 1.29 is 4.74 Å². The van der Waals surface area contributed by atoms with Gasteiger partial charge < -0.3 is 4.74 Å². The van der Waals surface area contributed by atoms with Crippen molar-refractivity contribution in [2.45, 2.75) is 13.0 Å². The molecular formula is C19H19N3OS. The molecule has 4 rings (SSSR count). The number of fused-ring (bicyclic) bond motifs is 2. The molecule has 24 heavy (non-hydrogen) atoms. The van der Waals surface area contributed by atoms with E-state index < -0.39 is 0 Å². The van der Waals surface area contributed by atoms with Gasteiger partial charge in [-0.05, 0) is 53.1 Å². The van der Waals surface area contributed by atoms with Crippen LogP contribution < -0.4 is 4.74 Å². The number of ether oxygens (including phenoxy) is 1. The highest BCUT2D eigenvalue weighted by Crippen LogP contribution is 2.31. The number of rotatable bonds is 3. The maximum atomic E-state index is 5.21. The molecule has 0 fully saturated rings. The first-order chi connectivity index (χ1) is 11.8. The van der Waals surface area contributed by atoms with Crippen molar-refractivity contribution >= 4 is 23.0 Å². The molecule has 5 heteroatoms. The Morgan fingerprint density at radius 2 is 2.04 bits per heavy atom. The quantitative estimate of drug-likeness (QED) is 0.677. The average molecular weight is 337 g/mol. The number of benzene rings is 1. The van der Waals surface area contributed by atoms with Gasteiger partial charge >= 0.3 is 0 Å². The Hall–Kier alpha value is -2.11. The normalized spacial score (nSPS) is 14.6. The van der Waals surface area contributed by atoms with Gasteiger partial charge in [0, 0.05) is 30.7 Å². The van der Waals surface area contributed by atoms with Gasteiger partial charge in [0.1, 0.15) is 0 Å². The van der Waals surface area contributed by atoms with Gasteiger partial charge in [0.25, 0.3) is 0 Å². The first kappa shape index (κ1) is 15.4. The molecule has 0 saturated carbocycles. The molecule has 0 aliphatic carbocycles. The van der Waals surface area contributed by atoms with Crippen molar-refractivity contribution in [1.29, 1.82) is 0 Å². The van der Waals surface area contributed by atoms with Crippen molar-refractivity contribution in [1.82, 2.24) is 14.3 Å². The zero-order valence-electron chi connectivity index (χ0n) is 13.8. The summed E-state index contributed by atoms with van der Waals surface area (Å²) >= 11 is 1.82. The molecule has 1 aliphatic heterocycles. The van der Waals surface area contributed by atoms with Gasteiger partial charge in [-0.3, -0.25) is 0 Å². The van der Waals surface area contributed by atoms with Crippen molar-refractivity contribution in [2.24, 2.45) is 0 Å².